The van der Waals surface area contributed by atoms with Gasteiger partial charge in [-0.25, -0.2) is 0 Å². The van der Waals surface area contributed by atoms with E-state index in [-0.39, 0.29) is 12.0 Å². The molecule has 0 spiro atoms. The molecule has 1 aliphatic rings. The van der Waals surface area contributed by atoms with Crippen LogP contribution in [0.3, 0.4) is 0 Å². The zero-order chi connectivity index (χ0) is 16.9. The van der Waals surface area contributed by atoms with Crippen molar-refractivity contribution in [2.24, 2.45) is 0 Å². The molecule has 24 heavy (non-hydrogen) atoms. The molecule has 2 aromatic carbocycles. The summed E-state index contributed by atoms with van der Waals surface area (Å²) in [4.78, 5) is 14.3. The maximum absolute atomic E-state index is 12.6. The van der Waals surface area contributed by atoms with Gasteiger partial charge in [0.2, 0.25) is 5.91 Å². The Kier molecular flexibility index (Phi) is 5.16. The third-order valence-corrected chi connectivity index (χ3v) is 4.43. The van der Waals surface area contributed by atoms with Crippen molar-refractivity contribution < 1.29 is 14.3 Å². The molecule has 0 radical (unpaired) electrons. The van der Waals surface area contributed by atoms with Crippen LogP contribution in [-0.4, -0.2) is 31.6 Å². The van der Waals surface area contributed by atoms with Crippen LogP contribution in [0.5, 0.6) is 5.75 Å². The molecule has 0 aromatic heterocycles. The van der Waals surface area contributed by atoms with Crippen LogP contribution in [0.4, 0.5) is 0 Å². The fourth-order valence-corrected chi connectivity index (χ4v) is 3.09. The van der Waals surface area contributed by atoms with Crippen LogP contribution in [-0.2, 0) is 22.5 Å². The first-order valence-electron chi connectivity index (χ1n) is 8.23. The van der Waals surface area contributed by atoms with E-state index in [1.807, 2.05) is 43.4 Å². The van der Waals surface area contributed by atoms with Gasteiger partial charge in [-0.3, -0.25) is 4.79 Å². The molecule has 1 amide bonds. The summed E-state index contributed by atoms with van der Waals surface area (Å²) in [6, 6.07) is 16.0. The van der Waals surface area contributed by atoms with E-state index in [1.54, 1.807) is 12.0 Å². The third kappa shape index (κ3) is 3.77. The zero-order valence-corrected chi connectivity index (χ0v) is 14.2. The number of carbonyl (C=O) groups is 1. The van der Waals surface area contributed by atoms with Gasteiger partial charge in [-0.2, -0.15) is 0 Å². The summed E-state index contributed by atoms with van der Waals surface area (Å²) in [5.74, 6) is 0.886. The standard InChI is InChI=1S/C20H23NO3/c1-21(14-15-6-5-8-17(12-15)23-2)20(22)13-19-18-9-4-3-7-16(18)10-11-24-19/h3-9,12,19H,10-11,13-14H2,1-2H3. The van der Waals surface area contributed by atoms with E-state index < -0.39 is 0 Å². The molecule has 0 bridgehead atoms. The minimum absolute atomic E-state index is 0.0829. The topological polar surface area (TPSA) is 38.8 Å². The van der Waals surface area contributed by atoms with E-state index in [4.69, 9.17) is 9.47 Å². The van der Waals surface area contributed by atoms with Gasteiger partial charge in [0.05, 0.1) is 26.2 Å². The summed E-state index contributed by atoms with van der Waals surface area (Å²) in [7, 11) is 3.47. The van der Waals surface area contributed by atoms with Gasteiger partial charge in [-0.1, -0.05) is 36.4 Å². The second-order valence-electron chi connectivity index (χ2n) is 6.11. The molecular formula is C20H23NO3. The number of ether oxygens (including phenoxy) is 2. The Morgan fingerprint density at radius 2 is 2.08 bits per heavy atom. The monoisotopic (exact) mass is 325 g/mol. The summed E-state index contributed by atoms with van der Waals surface area (Å²) >= 11 is 0. The normalized spacial score (nSPS) is 16.3. The molecule has 2 aromatic rings. The van der Waals surface area contributed by atoms with E-state index in [2.05, 4.69) is 12.1 Å². The lowest BCUT2D eigenvalue weighted by atomic mass is 9.95. The average molecular weight is 325 g/mol. The highest BCUT2D eigenvalue weighted by atomic mass is 16.5. The fourth-order valence-electron chi connectivity index (χ4n) is 3.09. The Morgan fingerprint density at radius 1 is 1.25 bits per heavy atom. The Bertz CT molecular complexity index is 714. The Labute approximate surface area is 143 Å². The van der Waals surface area contributed by atoms with E-state index in [9.17, 15) is 4.79 Å². The van der Waals surface area contributed by atoms with Gasteiger partial charge in [0.25, 0.3) is 0 Å². The lowest BCUT2D eigenvalue weighted by Gasteiger charge is -2.27. The predicted octanol–water partition coefficient (Wildman–Crippen LogP) is 3.36. The van der Waals surface area contributed by atoms with Crippen molar-refractivity contribution in [3.8, 4) is 5.75 Å². The highest BCUT2D eigenvalue weighted by Crippen LogP contribution is 2.30. The van der Waals surface area contributed by atoms with Crippen LogP contribution >= 0.6 is 0 Å². The molecule has 0 fully saturated rings. The molecule has 1 aliphatic heterocycles. The summed E-state index contributed by atoms with van der Waals surface area (Å²) < 4.78 is 11.1. The molecule has 0 saturated carbocycles. The molecular weight excluding hydrogens is 302 g/mol. The minimum atomic E-state index is -0.143. The van der Waals surface area contributed by atoms with Gasteiger partial charge >= 0.3 is 0 Å². The summed E-state index contributed by atoms with van der Waals surface area (Å²) in [5.41, 5.74) is 3.49. The molecule has 0 N–H and O–H groups in total. The first-order chi connectivity index (χ1) is 11.7. The summed E-state index contributed by atoms with van der Waals surface area (Å²) in [6.07, 6.45) is 1.15. The van der Waals surface area contributed by atoms with E-state index >= 15 is 0 Å². The second kappa shape index (κ2) is 7.49. The smallest absolute Gasteiger partial charge is 0.225 e. The SMILES string of the molecule is COc1cccc(CN(C)C(=O)CC2OCCc3ccccc32)c1. The third-order valence-electron chi connectivity index (χ3n) is 4.43. The van der Waals surface area contributed by atoms with Crippen LogP contribution in [0.2, 0.25) is 0 Å². The van der Waals surface area contributed by atoms with Crippen LogP contribution < -0.4 is 4.74 Å². The largest absolute Gasteiger partial charge is 0.497 e. The van der Waals surface area contributed by atoms with Crippen LogP contribution in [0.25, 0.3) is 0 Å². The number of fused-ring (bicyclic) bond motifs is 1. The first-order valence-corrected chi connectivity index (χ1v) is 8.23. The number of hydrogen-bond donors (Lipinski definition) is 0. The van der Waals surface area contributed by atoms with Crippen molar-refractivity contribution in [2.75, 3.05) is 20.8 Å². The van der Waals surface area contributed by atoms with E-state index in [1.165, 1.54) is 5.56 Å². The van der Waals surface area contributed by atoms with Gasteiger partial charge in [0.15, 0.2) is 0 Å². The summed E-state index contributed by atoms with van der Waals surface area (Å²) in [5, 5.41) is 0. The predicted molar refractivity (Wildman–Crippen MR) is 92.9 cm³/mol. The van der Waals surface area contributed by atoms with Crippen LogP contribution in [0.15, 0.2) is 48.5 Å². The van der Waals surface area contributed by atoms with Gasteiger partial charge < -0.3 is 14.4 Å². The average Bonchev–Trinajstić information content (AvgIpc) is 2.62. The number of hydrogen-bond acceptors (Lipinski definition) is 3. The van der Waals surface area contributed by atoms with Crippen molar-refractivity contribution in [1.29, 1.82) is 0 Å². The number of rotatable bonds is 5. The molecule has 4 nitrogen and oxygen atoms in total. The van der Waals surface area contributed by atoms with E-state index in [0.29, 0.717) is 19.6 Å². The van der Waals surface area contributed by atoms with E-state index in [0.717, 1.165) is 23.3 Å². The number of carbonyl (C=O) groups excluding carboxylic acids is 1. The highest BCUT2D eigenvalue weighted by Gasteiger charge is 2.24. The summed E-state index contributed by atoms with van der Waals surface area (Å²) in [6.45, 7) is 1.24. The van der Waals surface area contributed by atoms with Crippen molar-refractivity contribution in [2.45, 2.75) is 25.5 Å². The van der Waals surface area contributed by atoms with Crippen LogP contribution in [0.1, 0.15) is 29.2 Å². The molecule has 1 atom stereocenters. The number of nitrogens with zero attached hydrogens (tertiary/aromatic N) is 1. The lowest BCUT2D eigenvalue weighted by Crippen LogP contribution is -2.29. The van der Waals surface area contributed by atoms with Gasteiger partial charge in [-0.15, -0.1) is 0 Å². The lowest BCUT2D eigenvalue weighted by molar-refractivity contribution is -0.133. The first kappa shape index (κ1) is 16.5. The molecule has 3 rings (SSSR count). The van der Waals surface area contributed by atoms with Crippen molar-refractivity contribution in [1.82, 2.24) is 4.90 Å². The number of benzene rings is 2. The quantitative estimate of drug-likeness (QED) is 0.846. The fraction of sp³-hybridized carbons (Fsp3) is 0.350. The Hall–Kier alpha value is -2.33. The van der Waals surface area contributed by atoms with Gasteiger partial charge in [0, 0.05) is 13.6 Å². The maximum atomic E-state index is 12.6. The zero-order valence-electron chi connectivity index (χ0n) is 14.2. The Morgan fingerprint density at radius 3 is 2.92 bits per heavy atom. The molecule has 4 heteroatoms. The number of amides is 1. The van der Waals surface area contributed by atoms with Crippen molar-refractivity contribution in [3.05, 3.63) is 65.2 Å². The molecule has 0 aliphatic carbocycles. The number of methoxy groups -OCH3 is 1. The van der Waals surface area contributed by atoms with Crippen molar-refractivity contribution in [3.63, 3.8) is 0 Å². The van der Waals surface area contributed by atoms with Crippen molar-refractivity contribution >= 4 is 5.91 Å². The molecule has 1 unspecified atom stereocenters. The van der Waals surface area contributed by atoms with Gasteiger partial charge in [0.1, 0.15) is 5.75 Å². The molecule has 1 heterocycles. The van der Waals surface area contributed by atoms with Crippen LogP contribution in [0, 0.1) is 0 Å². The van der Waals surface area contributed by atoms with Gasteiger partial charge in [-0.05, 0) is 35.2 Å². The maximum Gasteiger partial charge on any atom is 0.225 e. The minimum Gasteiger partial charge on any atom is -0.497 e. The Balaban J connectivity index is 1.64. The second-order valence-corrected chi connectivity index (χ2v) is 6.11. The molecule has 0 saturated heterocycles. The highest BCUT2D eigenvalue weighted by molar-refractivity contribution is 5.76. The molecule has 126 valence electrons.